The monoisotopic (exact) mass is 605 g/mol. The topological polar surface area (TPSA) is 96.5 Å². The van der Waals surface area contributed by atoms with Crippen LogP contribution in [0, 0.1) is 0 Å². The van der Waals surface area contributed by atoms with Gasteiger partial charge in [0.1, 0.15) is 11.4 Å². The molecule has 208 valence electrons. The maximum absolute atomic E-state index is 13.4. The Morgan fingerprint density at radius 3 is 2.37 bits per heavy atom. The molecule has 0 saturated carbocycles. The molecule has 0 heterocycles. The maximum atomic E-state index is 13.4. The Balaban J connectivity index is 1.47. The summed E-state index contributed by atoms with van der Waals surface area (Å²) in [4.78, 5) is 39.5. The molecule has 0 radical (unpaired) electrons. The van der Waals surface area contributed by atoms with Crippen molar-refractivity contribution in [3.8, 4) is 5.75 Å². The van der Waals surface area contributed by atoms with Crippen LogP contribution in [0.5, 0.6) is 5.75 Å². The van der Waals surface area contributed by atoms with Gasteiger partial charge in [0, 0.05) is 26.7 Å². The SMILES string of the molecule is COc1ccccc1/C=C(/NC(=O)c1ccccc1)C(=O)Nc1cccc(SCC(=O)Nc2ccc(Cl)cc2Cl)c1. The third-order valence-corrected chi connectivity index (χ3v) is 7.18. The molecule has 4 aromatic rings. The average Bonchev–Trinajstić information content (AvgIpc) is 2.98. The van der Waals surface area contributed by atoms with Crippen molar-refractivity contribution in [3.05, 3.63) is 124 Å². The zero-order valence-corrected chi connectivity index (χ0v) is 24.1. The molecule has 0 aromatic heterocycles. The molecule has 3 N–H and O–H groups in total. The summed E-state index contributed by atoms with van der Waals surface area (Å²) in [5.41, 5.74) is 2.00. The number of hydrogen-bond acceptors (Lipinski definition) is 5. The van der Waals surface area contributed by atoms with E-state index in [1.54, 1.807) is 91.0 Å². The normalized spacial score (nSPS) is 11.0. The van der Waals surface area contributed by atoms with Crippen LogP contribution >= 0.6 is 35.0 Å². The molecule has 0 saturated heterocycles. The predicted octanol–water partition coefficient (Wildman–Crippen LogP) is 7.14. The summed E-state index contributed by atoms with van der Waals surface area (Å²) in [5.74, 6) is -0.555. The molecular formula is C31H25Cl2N3O4S. The summed E-state index contributed by atoms with van der Waals surface area (Å²) in [6.45, 7) is 0. The molecule has 4 rings (SSSR count). The number of halogens is 2. The van der Waals surface area contributed by atoms with Crippen LogP contribution in [0.1, 0.15) is 15.9 Å². The fourth-order valence-electron chi connectivity index (χ4n) is 3.67. The molecule has 0 spiro atoms. The van der Waals surface area contributed by atoms with Gasteiger partial charge in [0.25, 0.3) is 11.8 Å². The first-order valence-electron chi connectivity index (χ1n) is 12.3. The van der Waals surface area contributed by atoms with Gasteiger partial charge in [-0.1, -0.05) is 65.7 Å². The van der Waals surface area contributed by atoms with Crippen molar-refractivity contribution in [1.29, 1.82) is 0 Å². The minimum Gasteiger partial charge on any atom is -0.496 e. The lowest BCUT2D eigenvalue weighted by atomic mass is 10.1. The van der Waals surface area contributed by atoms with Crippen molar-refractivity contribution < 1.29 is 19.1 Å². The van der Waals surface area contributed by atoms with Crippen molar-refractivity contribution in [2.45, 2.75) is 4.90 Å². The summed E-state index contributed by atoms with van der Waals surface area (Å²) in [6, 6.07) is 27.6. The van der Waals surface area contributed by atoms with Crippen molar-refractivity contribution in [3.63, 3.8) is 0 Å². The van der Waals surface area contributed by atoms with E-state index in [0.29, 0.717) is 38.3 Å². The highest BCUT2D eigenvalue weighted by molar-refractivity contribution is 8.00. The van der Waals surface area contributed by atoms with Gasteiger partial charge >= 0.3 is 0 Å². The Morgan fingerprint density at radius 1 is 0.854 bits per heavy atom. The van der Waals surface area contributed by atoms with Crippen molar-refractivity contribution in [1.82, 2.24) is 5.32 Å². The van der Waals surface area contributed by atoms with E-state index in [-0.39, 0.29) is 17.4 Å². The number of anilines is 2. The molecule has 7 nitrogen and oxygen atoms in total. The van der Waals surface area contributed by atoms with Gasteiger partial charge in [0.05, 0.1) is 23.6 Å². The second kappa shape index (κ2) is 14.4. The number of ether oxygens (including phenoxy) is 1. The van der Waals surface area contributed by atoms with Crippen LogP contribution in [0.25, 0.3) is 6.08 Å². The molecule has 0 bridgehead atoms. The molecule has 0 aliphatic rings. The first-order chi connectivity index (χ1) is 19.8. The van der Waals surface area contributed by atoms with E-state index in [1.807, 2.05) is 12.1 Å². The number of rotatable bonds is 10. The number of amides is 3. The van der Waals surface area contributed by atoms with Gasteiger partial charge < -0.3 is 20.7 Å². The first-order valence-corrected chi connectivity index (χ1v) is 14.1. The lowest BCUT2D eigenvalue weighted by Gasteiger charge is -2.13. The predicted molar refractivity (Wildman–Crippen MR) is 166 cm³/mol. The molecule has 0 fully saturated rings. The first kappa shape index (κ1) is 29.7. The number of para-hydroxylation sites is 1. The zero-order valence-electron chi connectivity index (χ0n) is 21.8. The highest BCUT2D eigenvalue weighted by Gasteiger charge is 2.16. The fourth-order valence-corrected chi connectivity index (χ4v) is 4.88. The van der Waals surface area contributed by atoms with Crippen LogP contribution in [0.2, 0.25) is 10.0 Å². The number of methoxy groups -OCH3 is 1. The Hall–Kier alpha value is -4.24. The summed E-state index contributed by atoms with van der Waals surface area (Å²) in [5, 5.41) is 9.12. The van der Waals surface area contributed by atoms with Gasteiger partial charge in [0.15, 0.2) is 0 Å². The third-order valence-electron chi connectivity index (χ3n) is 5.63. The fraction of sp³-hybridized carbons (Fsp3) is 0.0645. The molecule has 41 heavy (non-hydrogen) atoms. The van der Waals surface area contributed by atoms with Gasteiger partial charge in [-0.05, 0) is 60.7 Å². The van der Waals surface area contributed by atoms with Crippen molar-refractivity contribution >= 4 is 70.1 Å². The van der Waals surface area contributed by atoms with E-state index in [2.05, 4.69) is 16.0 Å². The highest BCUT2D eigenvalue weighted by Crippen LogP contribution is 2.27. The second-order valence-corrected chi connectivity index (χ2v) is 10.5. The smallest absolute Gasteiger partial charge is 0.272 e. The number of carbonyl (C=O) groups excluding carboxylic acids is 3. The lowest BCUT2D eigenvalue weighted by Crippen LogP contribution is -2.30. The minimum absolute atomic E-state index is 0.0284. The zero-order chi connectivity index (χ0) is 29.2. The Morgan fingerprint density at radius 2 is 1.61 bits per heavy atom. The van der Waals surface area contributed by atoms with Crippen molar-refractivity contribution in [2.24, 2.45) is 0 Å². The van der Waals surface area contributed by atoms with E-state index in [4.69, 9.17) is 27.9 Å². The van der Waals surface area contributed by atoms with Gasteiger partial charge in [-0.2, -0.15) is 0 Å². The maximum Gasteiger partial charge on any atom is 0.272 e. The van der Waals surface area contributed by atoms with E-state index >= 15 is 0 Å². The Labute approximate surface area is 251 Å². The standard InChI is InChI=1S/C31H25Cl2N3O4S/c1-40-28-13-6-5-10-21(28)16-27(36-30(38)20-8-3-2-4-9-20)31(39)34-23-11-7-12-24(18-23)41-19-29(37)35-26-15-14-22(32)17-25(26)33/h2-18H,19H2,1H3,(H,34,39)(H,35,37)(H,36,38)/b27-16+. The van der Waals surface area contributed by atoms with Crippen LogP contribution in [0.4, 0.5) is 11.4 Å². The van der Waals surface area contributed by atoms with E-state index in [0.717, 1.165) is 4.90 Å². The molecule has 0 atom stereocenters. The largest absolute Gasteiger partial charge is 0.496 e. The quantitative estimate of drug-likeness (QED) is 0.132. The Bertz CT molecular complexity index is 1600. The van der Waals surface area contributed by atoms with E-state index in [9.17, 15) is 14.4 Å². The highest BCUT2D eigenvalue weighted by atomic mass is 35.5. The molecule has 3 amide bonds. The molecule has 0 aliphatic heterocycles. The van der Waals surface area contributed by atoms with Crippen LogP contribution in [-0.2, 0) is 9.59 Å². The molecular weight excluding hydrogens is 581 g/mol. The number of benzene rings is 4. The van der Waals surface area contributed by atoms with Crippen LogP contribution < -0.4 is 20.7 Å². The van der Waals surface area contributed by atoms with Crippen molar-refractivity contribution in [2.75, 3.05) is 23.5 Å². The summed E-state index contributed by atoms with van der Waals surface area (Å²) in [6.07, 6.45) is 1.56. The number of hydrogen-bond donors (Lipinski definition) is 3. The summed E-state index contributed by atoms with van der Waals surface area (Å²) in [7, 11) is 1.53. The molecule has 0 unspecified atom stereocenters. The lowest BCUT2D eigenvalue weighted by molar-refractivity contribution is -0.114. The molecule has 0 aliphatic carbocycles. The van der Waals surface area contributed by atoms with Gasteiger partial charge in [-0.3, -0.25) is 14.4 Å². The number of thioether (sulfide) groups is 1. The van der Waals surface area contributed by atoms with Crippen LogP contribution in [-0.4, -0.2) is 30.6 Å². The van der Waals surface area contributed by atoms with Crippen LogP contribution in [0.3, 0.4) is 0 Å². The summed E-state index contributed by atoms with van der Waals surface area (Å²) < 4.78 is 5.41. The van der Waals surface area contributed by atoms with Crippen LogP contribution in [0.15, 0.2) is 108 Å². The van der Waals surface area contributed by atoms with Gasteiger partial charge in [-0.15, -0.1) is 11.8 Å². The molecule has 10 heteroatoms. The van der Waals surface area contributed by atoms with Gasteiger partial charge in [0.2, 0.25) is 5.91 Å². The number of nitrogens with one attached hydrogen (secondary N) is 3. The average molecular weight is 607 g/mol. The molecule has 4 aromatic carbocycles. The Kier molecular flexibility index (Phi) is 10.5. The third kappa shape index (κ3) is 8.62. The van der Waals surface area contributed by atoms with Gasteiger partial charge in [-0.25, -0.2) is 0 Å². The van der Waals surface area contributed by atoms with E-state index < -0.39 is 11.8 Å². The minimum atomic E-state index is -0.530. The summed E-state index contributed by atoms with van der Waals surface area (Å²) >= 11 is 13.3. The second-order valence-electron chi connectivity index (χ2n) is 8.56. The number of carbonyl (C=O) groups is 3. The van der Waals surface area contributed by atoms with E-state index in [1.165, 1.54) is 18.9 Å².